The Morgan fingerprint density at radius 2 is 1.84 bits per heavy atom. The monoisotopic (exact) mass is 281 g/mol. The predicted octanol–water partition coefficient (Wildman–Crippen LogP) is 4.98. The summed E-state index contributed by atoms with van der Waals surface area (Å²) in [6, 6.07) is 5.64. The minimum Gasteiger partial charge on any atom is -0.490 e. The highest BCUT2D eigenvalue weighted by Gasteiger charge is 2.12. The molecule has 0 radical (unpaired) electrons. The van der Waals surface area contributed by atoms with Crippen molar-refractivity contribution in [3.63, 3.8) is 0 Å². The Labute approximate surface area is 121 Å². The number of halogens is 1. The normalized spacial score (nSPS) is 14.1. The zero-order valence-corrected chi connectivity index (χ0v) is 13.5. The second-order valence-corrected chi connectivity index (χ2v) is 6.61. The molecule has 0 spiro atoms. The molecule has 0 aliphatic carbocycles. The smallest absolute Gasteiger partial charge is 0.128 e. The van der Waals surface area contributed by atoms with E-state index < -0.39 is 0 Å². The van der Waals surface area contributed by atoms with E-state index in [4.69, 9.17) is 16.3 Å². The third-order valence-electron chi connectivity index (χ3n) is 2.81. The molecule has 2 nitrogen and oxygen atoms in total. The second kappa shape index (κ2) is 6.42. The quantitative estimate of drug-likeness (QED) is 0.713. The van der Waals surface area contributed by atoms with Crippen molar-refractivity contribution in [3.8, 4) is 5.75 Å². The molecule has 0 heterocycles. The molecule has 0 saturated carbocycles. The number of hydrogen-bond acceptors (Lipinski definition) is 2. The van der Waals surface area contributed by atoms with Crippen molar-refractivity contribution in [2.75, 3.05) is 0 Å². The van der Waals surface area contributed by atoms with Crippen LogP contribution in [0.4, 0.5) is 0 Å². The summed E-state index contributed by atoms with van der Waals surface area (Å²) in [6.07, 6.45) is 2.00. The van der Waals surface area contributed by atoms with Crippen LogP contribution >= 0.6 is 11.6 Å². The summed E-state index contributed by atoms with van der Waals surface area (Å²) < 4.78 is 5.98. The van der Waals surface area contributed by atoms with Gasteiger partial charge in [-0.3, -0.25) is 4.99 Å². The van der Waals surface area contributed by atoms with Crippen LogP contribution in [0.25, 0.3) is 0 Å². The van der Waals surface area contributed by atoms with Gasteiger partial charge in [-0.15, -0.1) is 0 Å². The Balaban J connectivity index is 3.01. The van der Waals surface area contributed by atoms with Crippen LogP contribution in [0.2, 0.25) is 5.02 Å². The summed E-state index contributed by atoms with van der Waals surface area (Å²) in [7, 11) is 0. The molecule has 19 heavy (non-hydrogen) atoms. The molecule has 0 fully saturated rings. The lowest BCUT2D eigenvalue weighted by molar-refractivity contribution is 0.170. The zero-order chi connectivity index (χ0) is 14.6. The molecule has 0 N–H and O–H groups in total. The highest BCUT2D eigenvalue weighted by molar-refractivity contribution is 6.30. The van der Waals surface area contributed by atoms with Gasteiger partial charge < -0.3 is 4.74 Å². The second-order valence-electron chi connectivity index (χ2n) is 6.18. The van der Waals surface area contributed by atoms with Gasteiger partial charge in [-0.2, -0.15) is 0 Å². The lowest BCUT2D eigenvalue weighted by Crippen LogP contribution is -2.19. The molecule has 1 unspecified atom stereocenters. The highest BCUT2D eigenvalue weighted by atomic mass is 35.5. The van der Waals surface area contributed by atoms with E-state index in [1.54, 1.807) is 0 Å². The number of aliphatic imine (C=N–C) groups is 1. The molecule has 1 aromatic carbocycles. The summed E-state index contributed by atoms with van der Waals surface area (Å²) in [5, 5.41) is 0.694. The first-order valence-electron chi connectivity index (χ1n) is 6.70. The maximum atomic E-state index is 6.05. The number of ether oxygens (including phenoxy) is 1. The summed E-state index contributed by atoms with van der Waals surface area (Å²) in [6.45, 7) is 12.5. The predicted molar refractivity (Wildman–Crippen MR) is 83.7 cm³/mol. The Hall–Kier alpha value is -1.02. The van der Waals surface area contributed by atoms with E-state index >= 15 is 0 Å². The van der Waals surface area contributed by atoms with Gasteiger partial charge in [0.2, 0.25) is 0 Å². The standard InChI is InChI=1S/C16H24ClNO/c1-11(2)12(3)19-15-8-7-14(17)9-13(15)10-18-16(4,5)6/h7-12H,1-6H3. The van der Waals surface area contributed by atoms with Crippen molar-refractivity contribution >= 4 is 17.8 Å². The van der Waals surface area contributed by atoms with Gasteiger partial charge in [0.15, 0.2) is 0 Å². The van der Waals surface area contributed by atoms with E-state index in [1.807, 2.05) is 24.4 Å². The van der Waals surface area contributed by atoms with E-state index in [1.165, 1.54) is 0 Å². The minimum absolute atomic E-state index is 0.108. The Morgan fingerprint density at radius 1 is 1.21 bits per heavy atom. The molecule has 1 rings (SSSR count). The van der Waals surface area contributed by atoms with Crippen molar-refractivity contribution in [2.45, 2.75) is 53.2 Å². The van der Waals surface area contributed by atoms with E-state index in [2.05, 4.69) is 46.5 Å². The molecule has 0 aromatic heterocycles. The lowest BCUT2D eigenvalue weighted by Gasteiger charge is -2.20. The number of hydrogen-bond donors (Lipinski definition) is 0. The van der Waals surface area contributed by atoms with Crippen molar-refractivity contribution in [1.29, 1.82) is 0 Å². The molecule has 0 aliphatic heterocycles. The van der Waals surface area contributed by atoms with Gasteiger partial charge in [-0.1, -0.05) is 25.4 Å². The Kier molecular flexibility index (Phi) is 5.42. The third-order valence-corrected chi connectivity index (χ3v) is 3.05. The molecular weight excluding hydrogens is 258 g/mol. The first-order valence-corrected chi connectivity index (χ1v) is 7.08. The average molecular weight is 282 g/mol. The zero-order valence-electron chi connectivity index (χ0n) is 12.7. The third kappa shape index (κ3) is 5.65. The summed E-state index contributed by atoms with van der Waals surface area (Å²) >= 11 is 6.05. The number of nitrogens with zero attached hydrogens (tertiary/aromatic N) is 1. The fraction of sp³-hybridized carbons (Fsp3) is 0.562. The SMILES string of the molecule is CC(C)C(C)Oc1ccc(Cl)cc1C=NC(C)(C)C. The topological polar surface area (TPSA) is 21.6 Å². The van der Waals surface area contributed by atoms with Crippen molar-refractivity contribution in [3.05, 3.63) is 28.8 Å². The van der Waals surface area contributed by atoms with Gasteiger partial charge in [0.1, 0.15) is 5.75 Å². The van der Waals surface area contributed by atoms with Gasteiger partial charge >= 0.3 is 0 Å². The molecule has 106 valence electrons. The van der Waals surface area contributed by atoms with Crippen LogP contribution in [-0.2, 0) is 0 Å². The van der Waals surface area contributed by atoms with E-state index in [9.17, 15) is 0 Å². The highest BCUT2D eigenvalue weighted by Crippen LogP contribution is 2.24. The van der Waals surface area contributed by atoms with Crippen LogP contribution < -0.4 is 4.74 Å². The van der Waals surface area contributed by atoms with E-state index in [0.29, 0.717) is 10.9 Å². The minimum atomic E-state index is -0.108. The molecular formula is C16H24ClNO. The summed E-state index contributed by atoms with van der Waals surface area (Å²) in [5.74, 6) is 1.29. The van der Waals surface area contributed by atoms with Crippen LogP contribution in [0, 0.1) is 5.92 Å². The molecule has 3 heteroatoms. The molecule has 1 aromatic rings. The average Bonchev–Trinajstić information content (AvgIpc) is 2.28. The summed E-state index contributed by atoms with van der Waals surface area (Å²) in [4.78, 5) is 4.52. The lowest BCUT2D eigenvalue weighted by atomic mass is 10.1. The van der Waals surface area contributed by atoms with Gasteiger partial charge in [0.05, 0.1) is 11.6 Å². The van der Waals surface area contributed by atoms with Crippen LogP contribution in [0.3, 0.4) is 0 Å². The summed E-state index contributed by atoms with van der Waals surface area (Å²) in [5.41, 5.74) is 0.818. The molecule has 0 bridgehead atoms. The van der Waals surface area contributed by atoms with Crippen LogP contribution in [0.15, 0.2) is 23.2 Å². The van der Waals surface area contributed by atoms with Gasteiger partial charge in [0, 0.05) is 16.8 Å². The molecule has 1 atom stereocenters. The van der Waals surface area contributed by atoms with Crippen molar-refractivity contribution < 1.29 is 4.74 Å². The van der Waals surface area contributed by atoms with Gasteiger partial charge in [-0.05, 0) is 51.8 Å². The molecule has 0 amide bonds. The van der Waals surface area contributed by atoms with Crippen molar-refractivity contribution in [2.24, 2.45) is 10.9 Å². The molecule has 0 aliphatic rings. The maximum Gasteiger partial charge on any atom is 0.128 e. The fourth-order valence-electron chi connectivity index (χ4n) is 1.33. The van der Waals surface area contributed by atoms with Crippen molar-refractivity contribution in [1.82, 2.24) is 0 Å². The van der Waals surface area contributed by atoms with E-state index in [0.717, 1.165) is 11.3 Å². The van der Waals surface area contributed by atoms with E-state index in [-0.39, 0.29) is 11.6 Å². The van der Waals surface area contributed by atoms with Gasteiger partial charge in [0.25, 0.3) is 0 Å². The van der Waals surface area contributed by atoms with Crippen LogP contribution in [-0.4, -0.2) is 17.9 Å². The fourth-order valence-corrected chi connectivity index (χ4v) is 1.51. The Morgan fingerprint density at radius 3 is 2.37 bits per heavy atom. The van der Waals surface area contributed by atoms with Crippen LogP contribution in [0.1, 0.15) is 47.1 Å². The molecule has 0 saturated heterocycles. The number of benzene rings is 1. The number of rotatable bonds is 4. The largest absolute Gasteiger partial charge is 0.490 e. The van der Waals surface area contributed by atoms with Gasteiger partial charge in [-0.25, -0.2) is 0 Å². The Bertz CT molecular complexity index is 447. The first kappa shape index (κ1) is 16.0. The first-order chi connectivity index (χ1) is 8.69. The maximum absolute atomic E-state index is 6.05. The van der Waals surface area contributed by atoms with Crippen LogP contribution in [0.5, 0.6) is 5.75 Å².